The molecule has 7 nitrogen and oxygen atoms in total. The Balaban J connectivity index is 1.33. The molecule has 0 saturated carbocycles. The van der Waals surface area contributed by atoms with Crippen LogP contribution in [-0.2, 0) is 33.2 Å². The first kappa shape index (κ1) is 23.6. The third-order valence-corrected chi connectivity index (χ3v) is 7.22. The largest absolute Gasteiger partial charge is 0.496 e. The van der Waals surface area contributed by atoms with E-state index in [1.165, 1.54) is 5.56 Å². The number of carbonyl (C=O) groups is 2. The molecule has 2 aromatic rings. The number of methoxy groups -OCH3 is 2. The Bertz CT molecular complexity index is 971. The van der Waals surface area contributed by atoms with Crippen LogP contribution in [0.1, 0.15) is 16.7 Å². The van der Waals surface area contributed by atoms with Crippen LogP contribution in [0.25, 0.3) is 0 Å². The Kier molecular flexibility index (Phi) is 7.90. The van der Waals surface area contributed by atoms with E-state index in [1.807, 2.05) is 30.3 Å². The van der Waals surface area contributed by atoms with Crippen LogP contribution in [0.3, 0.4) is 0 Å². The van der Waals surface area contributed by atoms with Crippen molar-refractivity contribution >= 4 is 23.6 Å². The van der Waals surface area contributed by atoms with Gasteiger partial charge in [-0.3, -0.25) is 14.5 Å². The van der Waals surface area contributed by atoms with Crippen molar-refractivity contribution in [2.45, 2.75) is 31.0 Å². The van der Waals surface area contributed by atoms with Crippen LogP contribution >= 0.6 is 11.8 Å². The summed E-state index contributed by atoms with van der Waals surface area (Å²) in [6.45, 7) is 3.03. The summed E-state index contributed by atoms with van der Waals surface area (Å²) in [7, 11) is 3.32. The van der Waals surface area contributed by atoms with E-state index in [0.717, 1.165) is 29.2 Å². The number of ether oxygens (including phenoxy) is 2. The molecule has 0 aromatic heterocycles. The molecule has 33 heavy (non-hydrogen) atoms. The Labute approximate surface area is 199 Å². The highest BCUT2D eigenvalue weighted by Gasteiger charge is 2.43. The fourth-order valence-electron chi connectivity index (χ4n) is 4.44. The molecule has 176 valence electrons. The first-order chi connectivity index (χ1) is 16.1. The van der Waals surface area contributed by atoms with Crippen molar-refractivity contribution in [1.82, 2.24) is 15.1 Å². The molecule has 0 radical (unpaired) electrons. The molecule has 0 aliphatic carbocycles. The molecule has 1 N–H and O–H groups in total. The van der Waals surface area contributed by atoms with Crippen LogP contribution in [0.5, 0.6) is 5.75 Å². The zero-order valence-electron chi connectivity index (χ0n) is 19.2. The van der Waals surface area contributed by atoms with Crippen molar-refractivity contribution in [3.63, 3.8) is 0 Å². The van der Waals surface area contributed by atoms with Crippen LogP contribution < -0.4 is 10.1 Å². The van der Waals surface area contributed by atoms with E-state index in [2.05, 4.69) is 28.4 Å². The summed E-state index contributed by atoms with van der Waals surface area (Å²) in [5.74, 6) is 2.19. The van der Waals surface area contributed by atoms with Gasteiger partial charge in [0.1, 0.15) is 17.8 Å². The normalized spacial score (nSPS) is 21.0. The smallest absolute Gasteiger partial charge is 0.246 e. The molecule has 0 spiro atoms. The maximum absolute atomic E-state index is 13.1. The van der Waals surface area contributed by atoms with Gasteiger partial charge in [0.2, 0.25) is 11.8 Å². The number of rotatable bonds is 9. The van der Waals surface area contributed by atoms with Gasteiger partial charge in [-0.2, -0.15) is 11.8 Å². The monoisotopic (exact) mass is 469 g/mol. The minimum atomic E-state index is -0.452. The van der Waals surface area contributed by atoms with Gasteiger partial charge >= 0.3 is 0 Å². The molecule has 2 aromatic carbocycles. The number of benzene rings is 2. The quantitative estimate of drug-likeness (QED) is 0.608. The third-order valence-electron chi connectivity index (χ3n) is 6.11. The van der Waals surface area contributed by atoms with Gasteiger partial charge in [-0.25, -0.2) is 0 Å². The standard InChI is InChI=1S/C25H31N3O4S/c1-31-15-20-12-19(8-9-23(20)32-2)13-27-10-11-28-22(14-27)24(29)26-21(25(28)30)17-33-16-18-6-4-3-5-7-18/h3-9,12,21-22H,10-11,13-17H2,1-2H3,(H,26,29)/t21-,22+/m0/s1. The number of hydrogen-bond donors (Lipinski definition) is 1. The highest BCUT2D eigenvalue weighted by molar-refractivity contribution is 7.98. The van der Waals surface area contributed by atoms with Crippen molar-refractivity contribution in [3.05, 3.63) is 65.2 Å². The van der Waals surface area contributed by atoms with Gasteiger partial charge in [0.15, 0.2) is 0 Å². The summed E-state index contributed by atoms with van der Waals surface area (Å²) >= 11 is 1.68. The zero-order chi connectivity index (χ0) is 23.2. The number of hydrogen-bond acceptors (Lipinski definition) is 6. The predicted molar refractivity (Wildman–Crippen MR) is 129 cm³/mol. The molecule has 2 aliphatic rings. The van der Waals surface area contributed by atoms with E-state index < -0.39 is 12.1 Å². The highest BCUT2D eigenvalue weighted by Crippen LogP contribution is 2.24. The summed E-state index contributed by atoms with van der Waals surface area (Å²) in [4.78, 5) is 29.9. The first-order valence-electron chi connectivity index (χ1n) is 11.2. The maximum Gasteiger partial charge on any atom is 0.246 e. The molecule has 0 unspecified atom stereocenters. The van der Waals surface area contributed by atoms with Crippen LogP contribution in [-0.4, -0.2) is 73.3 Å². The van der Waals surface area contributed by atoms with Gasteiger partial charge in [0, 0.05) is 50.4 Å². The Morgan fingerprint density at radius 2 is 1.88 bits per heavy atom. The summed E-state index contributed by atoms with van der Waals surface area (Å²) in [5, 5.41) is 2.97. The molecule has 8 heteroatoms. The Morgan fingerprint density at radius 3 is 2.64 bits per heavy atom. The van der Waals surface area contributed by atoms with Gasteiger partial charge < -0.3 is 19.7 Å². The second kappa shape index (κ2) is 11.0. The van der Waals surface area contributed by atoms with E-state index in [1.54, 1.807) is 30.9 Å². The molecule has 2 saturated heterocycles. The number of carbonyl (C=O) groups excluding carboxylic acids is 2. The molecular weight excluding hydrogens is 438 g/mol. The first-order valence-corrected chi connectivity index (χ1v) is 12.3. The molecule has 4 rings (SSSR count). The van der Waals surface area contributed by atoms with E-state index >= 15 is 0 Å². The van der Waals surface area contributed by atoms with Gasteiger partial charge in [-0.15, -0.1) is 0 Å². The van der Waals surface area contributed by atoms with Gasteiger partial charge in [-0.05, 0) is 23.3 Å². The lowest BCUT2D eigenvalue weighted by Gasteiger charge is -2.45. The number of nitrogens with zero attached hydrogens (tertiary/aromatic N) is 2. The molecule has 0 bridgehead atoms. The summed E-state index contributed by atoms with van der Waals surface area (Å²) in [6.07, 6.45) is 0. The molecule has 2 amide bonds. The second-order valence-electron chi connectivity index (χ2n) is 8.42. The fourth-order valence-corrected chi connectivity index (χ4v) is 5.45. The number of fused-ring (bicyclic) bond motifs is 1. The topological polar surface area (TPSA) is 71.1 Å². The average Bonchev–Trinajstić information content (AvgIpc) is 2.83. The zero-order valence-corrected chi connectivity index (χ0v) is 20.0. The predicted octanol–water partition coefficient (Wildman–Crippen LogP) is 2.29. The van der Waals surface area contributed by atoms with Crippen molar-refractivity contribution < 1.29 is 19.1 Å². The van der Waals surface area contributed by atoms with Gasteiger partial charge in [-0.1, -0.05) is 36.4 Å². The lowest BCUT2D eigenvalue weighted by molar-refractivity contribution is -0.152. The minimum Gasteiger partial charge on any atom is -0.496 e. The van der Waals surface area contributed by atoms with E-state index in [9.17, 15) is 9.59 Å². The minimum absolute atomic E-state index is 0.0339. The number of amides is 2. The fraction of sp³-hybridized carbons (Fsp3) is 0.440. The maximum atomic E-state index is 13.1. The highest BCUT2D eigenvalue weighted by atomic mass is 32.2. The Hall–Kier alpha value is -2.55. The molecule has 2 atom stereocenters. The summed E-state index contributed by atoms with van der Waals surface area (Å²) in [5.41, 5.74) is 3.35. The number of piperazine rings is 2. The molecule has 2 heterocycles. The van der Waals surface area contributed by atoms with E-state index in [0.29, 0.717) is 32.0 Å². The SMILES string of the molecule is COCc1cc(CN2CCN3C(=O)[C@H](CSCc4ccccc4)NC(=O)[C@H]3C2)ccc1OC. The summed E-state index contributed by atoms with van der Waals surface area (Å²) < 4.78 is 10.7. The summed E-state index contributed by atoms with van der Waals surface area (Å²) in [6, 6.07) is 15.4. The van der Waals surface area contributed by atoms with Crippen molar-refractivity contribution in [3.8, 4) is 5.75 Å². The lowest BCUT2D eigenvalue weighted by atomic mass is 10.0. The van der Waals surface area contributed by atoms with E-state index in [-0.39, 0.29) is 11.8 Å². The van der Waals surface area contributed by atoms with Crippen molar-refractivity contribution in [2.24, 2.45) is 0 Å². The number of thioether (sulfide) groups is 1. The van der Waals surface area contributed by atoms with E-state index in [4.69, 9.17) is 9.47 Å². The Morgan fingerprint density at radius 1 is 1.06 bits per heavy atom. The van der Waals surface area contributed by atoms with Crippen LogP contribution in [0.15, 0.2) is 48.5 Å². The molecule has 2 aliphatic heterocycles. The second-order valence-corrected chi connectivity index (χ2v) is 9.45. The number of nitrogens with one attached hydrogen (secondary N) is 1. The van der Waals surface area contributed by atoms with Crippen LogP contribution in [0.2, 0.25) is 0 Å². The molecular formula is C25H31N3O4S. The average molecular weight is 470 g/mol. The van der Waals surface area contributed by atoms with Crippen molar-refractivity contribution in [1.29, 1.82) is 0 Å². The van der Waals surface area contributed by atoms with Gasteiger partial charge in [0.25, 0.3) is 0 Å². The van der Waals surface area contributed by atoms with Crippen molar-refractivity contribution in [2.75, 3.05) is 39.6 Å². The van der Waals surface area contributed by atoms with Crippen LogP contribution in [0.4, 0.5) is 0 Å². The van der Waals surface area contributed by atoms with Gasteiger partial charge in [0.05, 0.1) is 13.7 Å². The van der Waals surface area contributed by atoms with Crippen LogP contribution in [0, 0.1) is 0 Å². The lowest BCUT2D eigenvalue weighted by Crippen LogP contribution is -2.69. The molecule has 2 fully saturated rings. The third kappa shape index (κ3) is 5.69.